The molecule has 2 heterocycles. The highest BCUT2D eigenvalue weighted by Crippen LogP contribution is 2.30. The minimum atomic E-state index is 0.0249. The zero-order valence-corrected chi connectivity index (χ0v) is 15.3. The maximum atomic E-state index is 12.2. The molecule has 1 aromatic heterocycles. The van der Waals surface area contributed by atoms with Crippen LogP contribution in [0.2, 0.25) is 0 Å². The summed E-state index contributed by atoms with van der Waals surface area (Å²) in [5.41, 5.74) is 2.25. The minimum absolute atomic E-state index is 0.0249. The number of ether oxygens (including phenoxy) is 2. The Morgan fingerprint density at radius 2 is 2.31 bits per heavy atom. The van der Waals surface area contributed by atoms with Crippen molar-refractivity contribution in [2.75, 3.05) is 33.9 Å². The van der Waals surface area contributed by atoms with Gasteiger partial charge in [0.15, 0.2) is 0 Å². The quantitative estimate of drug-likeness (QED) is 0.822. The minimum Gasteiger partial charge on any atom is -0.497 e. The third-order valence-corrected chi connectivity index (χ3v) is 4.43. The lowest BCUT2D eigenvalue weighted by Crippen LogP contribution is -2.39. The van der Waals surface area contributed by atoms with Gasteiger partial charge in [0.1, 0.15) is 11.5 Å². The molecule has 2 aromatic rings. The summed E-state index contributed by atoms with van der Waals surface area (Å²) >= 11 is 0. The molecule has 0 fully saturated rings. The molecule has 1 N–H and O–H groups in total. The van der Waals surface area contributed by atoms with Gasteiger partial charge in [-0.3, -0.25) is 14.7 Å². The standard InChI is InChI=1S/C20H25N3O3/c1-23(12-15-4-3-7-21-10-15)13-20(24)22-11-16-8-17-5-6-18(25-2)9-19(17)26-14-16/h3-7,9-10,16H,8,11-14H2,1-2H3,(H,22,24). The molecule has 1 aliphatic rings. The molecule has 0 bridgehead atoms. The molecule has 26 heavy (non-hydrogen) atoms. The first-order valence-electron chi connectivity index (χ1n) is 8.78. The number of hydrogen-bond acceptors (Lipinski definition) is 5. The van der Waals surface area contributed by atoms with Gasteiger partial charge in [-0.1, -0.05) is 12.1 Å². The van der Waals surface area contributed by atoms with Crippen molar-refractivity contribution in [3.8, 4) is 11.5 Å². The van der Waals surface area contributed by atoms with E-state index >= 15 is 0 Å². The lowest BCUT2D eigenvalue weighted by molar-refractivity contribution is -0.122. The molecule has 1 aromatic carbocycles. The van der Waals surface area contributed by atoms with E-state index in [1.54, 1.807) is 13.3 Å². The summed E-state index contributed by atoms with van der Waals surface area (Å²) in [4.78, 5) is 18.3. The fourth-order valence-corrected chi connectivity index (χ4v) is 3.09. The van der Waals surface area contributed by atoms with E-state index < -0.39 is 0 Å². The Morgan fingerprint density at radius 1 is 1.42 bits per heavy atom. The second-order valence-corrected chi connectivity index (χ2v) is 6.69. The molecule has 1 aliphatic heterocycles. The van der Waals surface area contributed by atoms with Gasteiger partial charge >= 0.3 is 0 Å². The highest BCUT2D eigenvalue weighted by molar-refractivity contribution is 5.78. The number of aromatic nitrogens is 1. The summed E-state index contributed by atoms with van der Waals surface area (Å²) in [6, 6.07) is 9.80. The summed E-state index contributed by atoms with van der Waals surface area (Å²) < 4.78 is 11.0. The van der Waals surface area contributed by atoms with E-state index in [9.17, 15) is 4.79 Å². The van der Waals surface area contributed by atoms with Gasteiger partial charge in [0.2, 0.25) is 5.91 Å². The monoisotopic (exact) mass is 355 g/mol. The largest absolute Gasteiger partial charge is 0.497 e. The van der Waals surface area contributed by atoms with Crippen molar-refractivity contribution >= 4 is 5.91 Å². The Hall–Kier alpha value is -2.60. The molecule has 0 spiro atoms. The molecule has 0 saturated heterocycles. The van der Waals surface area contributed by atoms with Crippen molar-refractivity contribution in [1.29, 1.82) is 0 Å². The number of carbonyl (C=O) groups is 1. The van der Waals surface area contributed by atoms with Gasteiger partial charge in [-0.05, 0) is 36.7 Å². The number of carbonyl (C=O) groups excluding carboxylic acids is 1. The molecule has 1 atom stereocenters. The Kier molecular flexibility index (Phi) is 6.07. The summed E-state index contributed by atoms with van der Waals surface area (Å²) in [6.45, 7) is 2.27. The second kappa shape index (κ2) is 8.67. The number of benzene rings is 1. The van der Waals surface area contributed by atoms with Crippen LogP contribution in [0.1, 0.15) is 11.1 Å². The van der Waals surface area contributed by atoms with Gasteiger partial charge < -0.3 is 14.8 Å². The van der Waals surface area contributed by atoms with E-state index in [1.165, 1.54) is 0 Å². The molecule has 138 valence electrons. The van der Waals surface area contributed by atoms with Gasteiger partial charge in [0.25, 0.3) is 0 Å². The topological polar surface area (TPSA) is 63.7 Å². The molecule has 6 nitrogen and oxygen atoms in total. The number of rotatable bonds is 7. The zero-order chi connectivity index (χ0) is 18.4. The predicted molar refractivity (Wildman–Crippen MR) is 99.3 cm³/mol. The van der Waals surface area contributed by atoms with Crippen molar-refractivity contribution in [3.05, 3.63) is 53.9 Å². The Balaban J connectivity index is 1.43. The first-order valence-corrected chi connectivity index (χ1v) is 8.78. The van der Waals surface area contributed by atoms with Gasteiger partial charge in [-0.25, -0.2) is 0 Å². The maximum Gasteiger partial charge on any atom is 0.234 e. The first-order chi connectivity index (χ1) is 12.6. The fraction of sp³-hybridized carbons (Fsp3) is 0.400. The number of pyridine rings is 1. The van der Waals surface area contributed by atoms with Crippen molar-refractivity contribution in [3.63, 3.8) is 0 Å². The number of methoxy groups -OCH3 is 1. The summed E-state index contributed by atoms with van der Waals surface area (Å²) in [5, 5.41) is 3.02. The van der Waals surface area contributed by atoms with Crippen molar-refractivity contribution in [2.24, 2.45) is 5.92 Å². The van der Waals surface area contributed by atoms with Crippen LogP contribution in [0.5, 0.6) is 11.5 Å². The summed E-state index contributed by atoms with van der Waals surface area (Å²) in [7, 11) is 3.58. The third-order valence-electron chi connectivity index (χ3n) is 4.43. The third kappa shape index (κ3) is 4.95. The molecular weight excluding hydrogens is 330 g/mol. The molecule has 1 amide bonds. The second-order valence-electron chi connectivity index (χ2n) is 6.69. The Bertz CT molecular complexity index is 736. The number of hydrogen-bond donors (Lipinski definition) is 1. The Morgan fingerprint density at radius 3 is 3.08 bits per heavy atom. The van der Waals surface area contributed by atoms with Gasteiger partial charge in [0, 0.05) is 37.5 Å². The van der Waals surface area contributed by atoms with E-state index in [-0.39, 0.29) is 11.8 Å². The van der Waals surface area contributed by atoms with E-state index in [2.05, 4.69) is 10.3 Å². The van der Waals surface area contributed by atoms with Crippen LogP contribution in [-0.4, -0.2) is 49.6 Å². The van der Waals surface area contributed by atoms with Crippen LogP contribution in [0.15, 0.2) is 42.7 Å². The van der Waals surface area contributed by atoms with Crippen LogP contribution in [-0.2, 0) is 17.8 Å². The fourth-order valence-electron chi connectivity index (χ4n) is 3.09. The molecule has 0 radical (unpaired) electrons. The van der Waals surface area contributed by atoms with Crippen molar-refractivity contribution in [2.45, 2.75) is 13.0 Å². The van der Waals surface area contributed by atoms with Crippen LogP contribution in [0, 0.1) is 5.92 Å². The van der Waals surface area contributed by atoms with E-state index in [4.69, 9.17) is 9.47 Å². The average Bonchev–Trinajstić information content (AvgIpc) is 2.66. The molecular formula is C20H25N3O3. The van der Waals surface area contributed by atoms with Gasteiger partial charge in [-0.15, -0.1) is 0 Å². The van der Waals surface area contributed by atoms with E-state index in [0.29, 0.717) is 26.2 Å². The predicted octanol–water partition coefficient (Wildman–Crippen LogP) is 1.89. The summed E-state index contributed by atoms with van der Waals surface area (Å²) in [6.07, 6.45) is 4.46. The number of nitrogens with zero attached hydrogens (tertiary/aromatic N) is 2. The highest BCUT2D eigenvalue weighted by Gasteiger charge is 2.21. The first kappa shape index (κ1) is 18.2. The van der Waals surface area contributed by atoms with Crippen LogP contribution in [0.4, 0.5) is 0 Å². The lowest BCUT2D eigenvalue weighted by atomic mass is 9.96. The molecule has 6 heteroatoms. The van der Waals surface area contributed by atoms with Crippen LogP contribution >= 0.6 is 0 Å². The molecule has 0 saturated carbocycles. The molecule has 3 rings (SSSR count). The van der Waals surface area contributed by atoms with Crippen LogP contribution in [0.3, 0.4) is 0 Å². The number of fused-ring (bicyclic) bond motifs is 1. The Labute approximate surface area is 154 Å². The van der Waals surface area contributed by atoms with Crippen LogP contribution < -0.4 is 14.8 Å². The van der Waals surface area contributed by atoms with E-state index in [1.807, 2.05) is 48.5 Å². The smallest absolute Gasteiger partial charge is 0.234 e. The van der Waals surface area contributed by atoms with Crippen LogP contribution in [0.25, 0.3) is 0 Å². The van der Waals surface area contributed by atoms with Crippen molar-refractivity contribution in [1.82, 2.24) is 15.2 Å². The van der Waals surface area contributed by atoms with Gasteiger partial charge in [-0.2, -0.15) is 0 Å². The molecule has 0 aliphatic carbocycles. The molecule has 1 unspecified atom stereocenters. The summed E-state index contributed by atoms with van der Waals surface area (Å²) in [5.74, 6) is 1.98. The highest BCUT2D eigenvalue weighted by atomic mass is 16.5. The average molecular weight is 355 g/mol. The number of amides is 1. The lowest BCUT2D eigenvalue weighted by Gasteiger charge is -2.26. The number of likely N-dealkylation sites (N-methyl/N-ethyl adjacent to an activating group) is 1. The SMILES string of the molecule is COc1ccc2c(c1)OCC(CNC(=O)CN(C)Cc1cccnc1)C2. The normalized spacial score (nSPS) is 15.9. The maximum absolute atomic E-state index is 12.2. The zero-order valence-electron chi connectivity index (χ0n) is 15.3. The number of nitrogens with one attached hydrogen (secondary N) is 1. The van der Waals surface area contributed by atoms with Gasteiger partial charge in [0.05, 0.1) is 20.3 Å². The van der Waals surface area contributed by atoms with E-state index in [0.717, 1.165) is 29.0 Å². The van der Waals surface area contributed by atoms with Crippen molar-refractivity contribution < 1.29 is 14.3 Å².